The van der Waals surface area contributed by atoms with Crippen molar-refractivity contribution >= 4 is 21.6 Å². The summed E-state index contributed by atoms with van der Waals surface area (Å²) in [6.07, 6.45) is 0.469. The van der Waals surface area contributed by atoms with Gasteiger partial charge in [-0.3, -0.25) is 4.79 Å². The zero-order valence-corrected chi connectivity index (χ0v) is 16.4. The van der Waals surface area contributed by atoms with Gasteiger partial charge in [-0.2, -0.15) is 0 Å². The summed E-state index contributed by atoms with van der Waals surface area (Å²) in [6.45, 7) is 3.51. The van der Waals surface area contributed by atoms with Crippen LogP contribution in [0.2, 0.25) is 0 Å². The van der Waals surface area contributed by atoms with Crippen LogP contribution in [0.25, 0.3) is 0 Å². The molecule has 1 saturated heterocycles. The zero-order valence-electron chi connectivity index (χ0n) is 15.6. The molecular weight excluding hydrogens is 364 g/mol. The molecule has 8 heteroatoms. The normalized spacial score (nSPS) is 18.2. The van der Waals surface area contributed by atoms with Crippen LogP contribution in [0.1, 0.15) is 29.4 Å². The number of carbonyl (C=O) groups is 1. The van der Waals surface area contributed by atoms with Crippen molar-refractivity contribution in [2.45, 2.75) is 25.9 Å². The summed E-state index contributed by atoms with van der Waals surface area (Å²) >= 11 is 0. The van der Waals surface area contributed by atoms with Crippen molar-refractivity contribution in [2.24, 2.45) is 0 Å². The lowest BCUT2D eigenvalue weighted by Gasteiger charge is -2.24. The van der Waals surface area contributed by atoms with Gasteiger partial charge in [-0.1, -0.05) is 30.3 Å². The lowest BCUT2D eigenvalue weighted by molar-refractivity contribution is 0.0740. The van der Waals surface area contributed by atoms with Gasteiger partial charge in [0.25, 0.3) is 5.91 Å². The minimum absolute atomic E-state index is 0.0153. The van der Waals surface area contributed by atoms with Crippen molar-refractivity contribution in [2.75, 3.05) is 30.0 Å². The Bertz CT molecular complexity index is 885. The molecular formula is C19H24N4O3S. The van der Waals surface area contributed by atoms with Crippen LogP contribution in [0.3, 0.4) is 0 Å². The van der Waals surface area contributed by atoms with E-state index in [2.05, 4.69) is 27.2 Å². The molecule has 1 amide bonds. The number of aromatic nitrogens is 2. The number of hydrogen-bond donors (Lipinski definition) is 0. The Kier molecular flexibility index (Phi) is 5.74. The molecule has 7 nitrogen and oxygen atoms in total. The number of nitrogens with zero attached hydrogens (tertiary/aromatic N) is 4. The number of amides is 1. The van der Waals surface area contributed by atoms with Crippen molar-refractivity contribution in [1.29, 1.82) is 0 Å². The van der Waals surface area contributed by atoms with Crippen molar-refractivity contribution in [1.82, 2.24) is 15.1 Å². The molecule has 0 radical (unpaired) electrons. The van der Waals surface area contributed by atoms with E-state index in [9.17, 15) is 13.2 Å². The average Bonchev–Trinajstić information content (AvgIpc) is 3.05. The van der Waals surface area contributed by atoms with E-state index in [1.54, 1.807) is 19.2 Å². The molecule has 0 spiro atoms. The van der Waals surface area contributed by atoms with Gasteiger partial charge < -0.3 is 9.80 Å². The van der Waals surface area contributed by atoms with E-state index < -0.39 is 9.84 Å². The largest absolute Gasteiger partial charge is 0.351 e. The molecule has 1 aromatic heterocycles. The standard InChI is InChI=1S/C19H24N4O3S/c1-3-23(13-15-7-5-4-6-8-15)18-10-9-17(20-21-18)19(24)22(2)16-11-12-27(25,26)14-16/h4-10,16H,3,11-14H2,1-2H3. The summed E-state index contributed by atoms with van der Waals surface area (Å²) in [4.78, 5) is 16.1. The summed E-state index contributed by atoms with van der Waals surface area (Å²) in [5.41, 5.74) is 1.39. The molecule has 1 aromatic carbocycles. The van der Waals surface area contributed by atoms with E-state index in [1.165, 1.54) is 10.5 Å². The maximum absolute atomic E-state index is 12.6. The van der Waals surface area contributed by atoms with Crippen LogP contribution in [0.4, 0.5) is 5.82 Å². The van der Waals surface area contributed by atoms with E-state index >= 15 is 0 Å². The summed E-state index contributed by atoms with van der Waals surface area (Å²) < 4.78 is 23.3. The Morgan fingerprint density at radius 2 is 1.89 bits per heavy atom. The third kappa shape index (κ3) is 4.63. The lowest BCUT2D eigenvalue weighted by atomic mass is 10.2. The first-order valence-electron chi connectivity index (χ1n) is 9.00. The number of rotatable bonds is 6. The summed E-state index contributed by atoms with van der Waals surface area (Å²) in [7, 11) is -1.42. The zero-order chi connectivity index (χ0) is 19.4. The summed E-state index contributed by atoms with van der Waals surface area (Å²) in [5.74, 6) is 0.540. The summed E-state index contributed by atoms with van der Waals surface area (Å²) in [5, 5.41) is 8.30. The van der Waals surface area contributed by atoms with E-state index in [1.807, 2.05) is 25.1 Å². The van der Waals surface area contributed by atoms with Gasteiger partial charge in [-0.15, -0.1) is 10.2 Å². The molecule has 0 N–H and O–H groups in total. The van der Waals surface area contributed by atoms with E-state index in [0.29, 0.717) is 18.8 Å². The molecule has 2 aromatic rings. The number of carbonyl (C=O) groups excluding carboxylic acids is 1. The van der Waals surface area contributed by atoms with Crippen molar-refractivity contribution < 1.29 is 13.2 Å². The predicted octanol–water partition coefficient (Wildman–Crippen LogP) is 1.76. The second-order valence-electron chi connectivity index (χ2n) is 6.75. The van der Waals surface area contributed by atoms with Crippen LogP contribution < -0.4 is 4.90 Å². The maximum atomic E-state index is 12.6. The highest BCUT2D eigenvalue weighted by Crippen LogP contribution is 2.19. The Labute approximate surface area is 159 Å². The highest BCUT2D eigenvalue weighted by atomic mass is 32.2. The molecule has 0 aliphatic carbocycles. The molecule has 1 fully saturated rings. The number of anilines is 1. The van der Waals surface area contributed by atoms with Gasteiger partial charge in [-0.05, 0) is 31.0 Å². The van der Waals surface area contributed by atoms with Crippen LogP contribution in [-0.2, 0) is 16.4 Å². The molecule has 1 aliphatic heterocycles. The fourth-order valence-electron chi connectivity index (χ4n) is 3.19. The smallest absolute Gasteiger partial charge is 0.274 e. The molecule has 144 valence electrons. The first kappa shape index (κ1) is 19.3. The fraction of sp³-hybridized carbons (Fsp3) is 0.421. The molecule has 1 unspecified atom stereocenters. The highest BCUT2D eigenvalue weighted by Gasteiger charge is 2.33. The lowest BCUT2D eigenvalue weighted by Crippen LogP contribution is -2.38. The van der Waals surface area contributed by atoms with Crippen LogP contribution in [0.15, 0.2) is 42.5 Å². The Morgan fingerprint density at radius 3 is 2.44 bits per heavy atom. The van der Waals surface area contributed by atoms with Crippen LogP contribution >= 0.6 is 0 Å². The Balaban J connectivity index is 1.69. The SMILES string of the molecule is CCN(Cc1ccccc1)c1ccc(C(=O)N(C)C2CCS(=O)(=O)C2)nn1. The minimum Gasteiger partial charge on any atom is -0.351 e. The maximum Gasteiger partial charge on any atom is 0.274 e. The average molecular weight is 388 g/mol. The molecule has 2 heterocycles. The highest BCUT2D eigenvalue weighted by molar-refractivity contribution is 7.91. The molecule has 27 heavy (non-hydrogen) atoms. The van der Waals surface area contributed by atoms with Crippen LogP contribution in [0.5, 0.6) is 0 Å². The van der Waals surface area contributed by atoms with E-state index in [4.69, 9.17) is 0 Å². The number of sulfone groups is 1. The third-order valence-electron chi connectivity index (χ3n) is 4.87. The second-order valence-corrected chi connectivity index (χ2v) is 8.98. The van der Waals surface area contributed by atoms with Gasteiger partial charge >= 0.3 is 0 Å². The Morgan fingerprint density at radius 1 is 1.15 bits per heavy atom. The van der Waals surface area contributed by atoms with Gasteiger partial charge in [0.1, 0.15) is 0 Å². The van der Waals surface area contributed by atoms with Crippen molar-refractivity contribution in [3.05, 3.63) is 53.7 Å². The van der Waals surface area contributed by atoms with Crippen LogP contribution in [-0.4, -0.2) is 60.6 Å². The molecule has 1 aliphatic rings. The van der Waals surface area contributed by atoms with Crippen LogP contribution in [0, 0.1) is 0 Å². The molecule has 1 atom stereocenters. The van der Waals surface area contributed by atoms with Gasteiger partial charge in [0.15, 0.2) is 21.3 Å². The number of hydrogen-bond acceptors (Lipinski definition) is 6. The third-order valence-corrected chi connectivity index (χ3v) is 6.62. The fourth-order valence-corrected chi connectivity index (χ4v) is 4.97. The van der Waals surface area contributed by atoms with Gasteiger partial charge in [0.2, 0.25) is 0 Å². The van der Waals surface area contributed by atoms with Crippen molar-refractivity contribution in [3.63, 3.8) is 0 Å². The quantitative estimate of drug-likeness (QED) is 0.750. The predicted molar refractivity (Wildman–Crippen MR) is 104 cm³/mol. The topological polar surface area (TPSA) is 83.5 Å². The molecule has 3 rings (SSSR count). The van der Waals surface area contributed by atoms with E-state index in [-0.39, 0.29) is 29.1 Å². The van der Waals surface area contributed by atoms with E-state index in [0.717, 1.165) is 6.54 Å². The Hall–Kier alpha value is -2.48. The van der Waals surface area contributed by atoms with Gasteiger partial charge in [0, 0.05) is 26.2 Å². The monoisotopic (exact) mass is 388 g/mol. The molecule has 0 bridgehead atoms. The summed E-state index contributed by atoms with van der Waals surface area (Å²) in [6, 6.07) is 13.2. The second kappa shape index (κ2) is 8.04. The molecule has 0 saturated carbocycles. The number of benzene rings is 1. The van der Waals surface area contributed by atoms with Crippen molar-refractivity contribution in [3.8, 4) is 0 Å². The first-order chi connectivity index (χ1) is 12.9. The minimum atomic E-state index is -3.04. The first-order valence-corrected chi connectivity index (χ1v) is 10.8. The van der Waals surface area contributed by atoms with Gasteiger partial charge in [0.05, 0.1) is 11.5 Å². The van der Waals surface area contributed by atoms with Gasteiger partial charge in [-0.25, -0.2) is 8.42 Å².